The molecule has 2 aromatic carbocycles. The van der Waals surface area contributed by atoms with Crippen LogP contribution in [0.5, 0.6) is 5.75 Å². The number of nitrogens with zero attached hydrogens (tertiary/aromatic N) is 1. The molecule has 7 heteroatoms. The Balaban J connectivity index is 1.48. The van der Waals surface area contributed by atoms with Gasteiger partial charge in [0.15, 0.2) is 18.2 Å². The van der Waals surface area contributed by atoms with Crippen LogP contribution in [0, 0.1) is 24.7 Å². The van der Waals surface area contributed by atoms with Crippen molar-refractivity contribution in [2.24, 2.45) is 10.8 Å². The third-order valence-electron chi connectivity index (χ3n) is 8.65. The van der Waals surface area contributed by atoms with E-state index in [0.717, 1.165) is 57.8 Å². The molecule has 0 saturated heterocycles. The maximum absolute atomic E-state index is 13.8. The summed E-state index contributed by atoms with van der Waals surface area (Å²) in [6.07, 6.45) is 2.42. The predicted octanol–water partition coefficient (Wildman–Crippen LogP) is 7.68. The highest BCUT2D eigenvalue weighted by molar-refractivity contribution is 6.32. The van der Waals surface area contributed by atoms with Crippen molar-refractivity contribution < 1.29 is 19.1 Å². The Morgan fingerprint density at radius 2 is 1.52 bits per heavy atom. The molecule has 6 nitrogen and oxygen atoms in total. The average Bonchev–Trinajstić information content (AvgIpc) is 2.87. The first kappa shape index (κ1) is 30.1. The van der Waals surface area contributed by atoms with Gasteiger partial charge in [0, 0.05) is 53.5 Å². The summed E-state index contributed by atoms with van der Waals surface area (Å²) < 4.78 is 5.82. The number of amides is 1. The minimum Gasteiger partial charge on any atom is -0.482 e. The number of rotatable bonds is 6. The Hall–Kier alpha value is -3.38. The van der Waals surface area contributed by atoms with Gasteiger partial charge in [-0.1, -0.05) is 57.5 Å². The number of hydrogen-bond donors (Lipinski definition) is 1. The number of carbonyl (C=O) groups excluding carboxylic acids is 3. The number of carbonyl (C=O) groups is 3. The minimum atomic E-state index is -0.468. The van der Waals surface area contributed by atoms with Crippen LogP contribution in [0.25, 0.3) is 0 Å². The highest BCUT2D eigenvalue weighted by atomic mass is 35.5. The van der Waals surface area contributed by atoms with E-state index in [4.69, 9.17) is 16.3 Å². The Bertz CT molecular complexity index is 1490. The first-order chi connectivity index (χ1) is 19.7. The molecule has 2 aromatic rings. The molecule has 0 unspecified atom stereocenters. The lowest BCUT2D eigenvalue weighted by atomic mass is 9.63. The number of ether oxygens (including phenoxy) is 1. The lowest BCUT2D eigenvalue weighted by Crippen LogP contribution is -2.44. The summed E-state index contributed by atoms with van der Waals surface area (Å²) in [7, 11) is 0. The summed E-state index contributed by atoms with van der Waals surface area (Å²) in [5, 5.41) is 3.23. The second kappa shape index (κ2) is 11.0. The van der Waals surface area contributed by atoms with E-state index >= 15 is 0 Å². The molecule has 1 amide bonds. The molecule has 0 bridgehead atoms. The average molecular weight is 589 g/mol. The van der Waals surface area contributed by atoms with Crippen molar-refractivity contribution in [3.63, 3.8) is 0 Å². The second-order valence-corrected chi connectivity index (χ2v) is 14.0. The van der Waals surface area contributed by atoms with E-state index < -0.39 is 5.92 Å². The van der Waals surface area contributed by atoms with Crippen LogP contribution >= 0.6 is 11.6 Å². The molecule has 0 spiro atoms. The third kappa shape index (κ3) is 5.78. The summed E-state index contributed by atoms with van der Waals surface area (Å²) in [6, 6.07) is 11.3. The van der Waals surface area contributed by atoms with Gasteiger partial charge in [-0.2, -0.15) is 0 Å². The monoisotopic (exact) mass is 588 g/mol. The molecule has 0 radical (unpaired) electrons. The molecular weight excluding hydrogens is 548 g/mol. The zero-order valence-corrected chi connectivity index (χ0v) is 26.5. The van der Waals surface area contributed by atoms with Gasteiger partial charge >= 0.3 is 0 Å². The molecule has 2 aliphatic carbocycles. The number of benzene rings is 2. The van der Waals surface area contributed by atoms with Crippen molar-refractivity contribution in [1.29, 1.82) is 0 Å². The van der Waals surface area contributed by atoms with Crippen LogP contribution < -0.4 is 10.1 Å². The fourth-order valence-corrected chi connectivity index (χ4v) is 7.02. The first-order valence-corrected chi connectivity index (χ1v) is 15.2. The van der Waals surface area contributed by atoms with Gasteiger partial charge in [0.1, 0.15) is 5.75 Å². The van der Waals surface area contributed by atoms with Gasteiger partial charge in [-0.05, 0) is 79.3 Å². The number of aryl methyl sites for hydroxylation is 2. The van der Waals surface area contributed by atoms with Crippen LogP contribution in [0.1, 0.15) is 82.9 Å². The van der Waals surface area contributed by atoms with Crippen LogP contribution in [0.4, 0.5) is 5.69 Å². The summed E-state index contributed by atoms with van der Waals surface area (Å²) in [5.74, 6) is -0.199. The van der Waals surface area contributed by atoms with Crippen molar-refractivity contribution in [3.8, 4) is 5.75 Å². The number of ketones is 2. The SMILES string of the molecule is CCN1C2=C(C(=O)CC(C)(C)C2)C(c2ccc(OCC(=O)Nc3cc(C)ccc3C)c(Cl)c2)C2=C1CC(C)(C)CC2=O. The maximum Gasteiger partial charge on any atom is 0.262 e. The Morgan fingerprint density at radius 3 is 2.07 bits per heavy atom. The number of hydrogen-bond acceptors (Lipinski definition) is 5. The van der Waals surface area contributed by atoms with Gasteiger partial charge < -0.3 is 15.0 Å². The molecule has 0 aromatic heterocycles. The van der Waals surface area contributed by atoms with E-state index in [9.17, 15) is 14.4 Å². The molecule has 0 fully saturated rings. The first-order valence-electron chi connectivity index (χ1n) is 14.8. The number of Topliss-reactive ketones (excluding diaryl/α,β-unsaturated/α-hetero) is 2. The largest absolute Gasteiger partial charge is 0.482 e. The fraction of sp³-hybridized carbons (Fsp3) is 0.457. The minimum absolute atomic E-state index is 0.0912. The fourth-order valence-electron chi connectivity index (χ4n) is 6.78. The van der Waals surface area contributed by atoms with Crippen LogP contribution in [0.15, 0.2) is 58.9 Å². The molecule has 5 rings (SSSR count). The van der Waals surface area contributed by atoms with Crippen LogP contribution in [0.3, 0.4) is 0 Å². The third-order valence-corrected chi connectivity index (χ3v) is 8.95. The topological polar surface area (TPSA) is 75.7 Å². The van der Waals surface area contributed by atoms with E-state index in [1.54, 1.807) is 12.1 Å². The molecule has 1 heterocycles. The quantitative estimate of drug-likeness (QED) is 0.374. The number of allylic oxidation sites excluding steroid dienone is 4. The Kier molecular flexibility index (Phi) is 7.90. The molecule has 1 aliphatic heterocycles. The van der Waals surface area contributed by atoms with Crippen LogP contribution in [0.2, 0.25) is 5.02 Å². The smallest absolute Gasteiger partial charge is 0.262 e. The summed E-state index contributed by atoms with van der Waals surface area (Å²) >= 11 is 6.74. The molecular formula is C35H41ClN2O4. The van der Waals surface area contributed by atoms with Gasteiger partial charge in [-0.15, -0.1) is 0 Å². The standard InChI is InChI=1S/C35H41ClN2O4/c1-8-38-25-15-34(4,5)17-27(39)32(25)31(33-26(38)16-35(6,7)18-28(33)40)22-11-12-29(23(36)14-22)42-19-30(41)37-24-13-20(2)9-10-21(24)3/h9-14,31H,8,15-19H2,1-7H3,(H,37,41). The van der Waals surface area contributed by atoms with Gasteiger partial charge in [0.2, 0.25) is 0 Å². The molecule has 42 heavy (non-hydrogen) atoms. The van der Waals surface area contributed by atoms with Crippen molar-refractivity contribution >= 4 is 34.8 Å². The van der Waals surface area contributed by atoms with Crippen molar-refractivity contribution in [3.05, 3.63) is 80.7 Å². The molecule has 0 saturated carbocycles. The van der Waals surface area contributed by atoms with Crippen molar-refractivity contribution in [1.82, 2.24) is 4.90 Å². The van der Waals surface area contributed by atoms with E-state index in [0.29, 0.717) is 30.2 Å². The highest BCUT2D eigenvalue weighted by Crippen LogP contribution is 2.54. The van der Waals surface area contributed by atoms with Crippen molar-refractivity contribution in [2.75, 3.05) is 18.5 Å². The molecule has 0 atom stereocenters. The molecule has 3 aliphatic rings. The number of halogens is 1. The lowest BCUT2D eigenvalue weighted by Gasteiger charge is -2.48. The predicted molar refractivity (Wildman–Crippen MR) is 167 cm³/mol. The molecule has 222 valence electrons. The Labute approximate surface area is 254 Å². The van der Waals surface area contributed by atoms with Crippen LogP contribution in [-0.4, -0.2) is 35.5 Å². The van der Waals surface area contributed by atoms with E-state index in [-0.39, 0.29) is 34.9 Å². The summed E-state index contributed by atoms with van der Waals surface area (Å²) in [4.78, 5) is 42.5. The van der Waals surface area contributed by atoms with E-state index in [1.165, 1.54) is 0 Å². The van der Waals surface area contributed by atoms with E-state index in [1.807, 2.05) is 38.1 Å². The van der Waals surface area contributed by atoms with Gasteiger partial charge in [0.05, 0.1) is 5.02 Å². The number of nitrogens with one attached hydrogen (secondary N) is 1. The van der Waals surface area contributed by atoms with Gasteiger partial charge in [-0.3, -0.25) is 14.4 Å². The second-order valence-electron chi connectivity index (χ2n) is 13.6. The molecule has 1 N–H and O–H groups in total. The summed E-state index contributed by atoms with van der Waals surface area (Å²) in [5.41, 5.74) is 6.76. The van der Waals surface area contributed by atoms with Gasteiger partial charge in [0.25, 0.3) is 5.91 Å². The van der Waals surface area contributed by atoms with E-state index in [2.05, 4.69) is 44.8 Å². The lowest BCUT2D eigenvalue weighted by molar-refractivity contribution is -0.120. The zero-order valence-electron chi connectivity index (χ0n) is 25.7. The highest BCUT2D eigenvalue weighted by Gasteiger charge is 2.48. The maximum atomic E-state index is 13.8. The van der Waals surface area contributed by atoms with Crippen LogP contribution in [-0.2, 0) is 14.4 Å². The zero-order chi connectivity index (χ0) is 30.6. The van der Waals surface area contributed by atoms with Crippen molar-refractivity contribution in [2.45, 2.75) is 80.1 Å². The normalized spacial score (nSPS) is 20.0. The Morgan fingerprint density at radius 1 is 0.929 bits per heavy atom. The summed E-state index contributed by atoms with van der Waals surface area (Å²) in [6.45, 7) is 15.0. The van der Waals surface area contributed by atoms with Gasteiger partial charge in [-0.25, -0.2) is 0 Å². The number of anilines is 1.